The van der Waals surface area contributed by atoms with Crippen molar-refractivity contribution in [2.45, 2.75) is 19.6 Å². The fraction of sp³-hybridized carbons (Fsp3) is 0.250. The lowest BCUT2D eigenvalue weighted by Gasteiger charge is -2.10. The van der Waals surface area contributed by atoms with Gasteiger partial charge in [0.2, 0.25) is 0 Å². The molecule has 6 nitrogen and oxygen atoms in total. The van der Waals surface area contributed by atoms with Crippen molar-refractivity contribution < 1.29 is 14.4 Å². The Morgan fingerprint density at radius 1 is 1.53 bits per heavy atom. The summed E-state index contributed by atoms with van der Waals surface area (Å²) in [7, 11) is 0. The van der Waals surface area contributed by atoms with Crippen LogP contribution in [0.4, 0.5) is 10.2 Å². The molecule has 0 radical (unpaired) electrons. The van der Waals surface area contributed by atoms with E-state index in [0.717, 1.165) is 0 Å². The summed E-state index contributed by atoms with van der Waals surface area (Å²) in [5.74, 6) is -0.812. The summed E-state index contributed by atoms with van der Waals surface area (Å²) in [4.78, 5) is 9.97. The summed E-state index contributed by atoms with van der Waals surface area (Å²) < 4.78 is 14.8. The van der Waals surface area contributed by atoms with E-state index in [-0.39, 0.29) is 17.9 Å². The lowest BCUT2D eigenvalue weighted by Crippen LogP contribution is -2.12. The highest BCUT2D eigenvalue weighted by atomic mass is 19.1. The molecule has 0 unspecified atom stereocenters. The van der Waals surface area contributed by atoms with Gasteiger partial charge in [-0.1, -0.05) is 18.2 Å². The lowest BCUT2D eigenvalue weighted by atomic mass is 10.1. The SMILES string of the molecule is Cc1cc([N+](=O)[O-])nn1C[C@@H](O)c1ccccc1F. The van der Waals surface area contributed by atoms with E-state index in [9.17, 15) is 19.6 Å². The van der Waals surface area contributed by atoms with Gasteiger partial charge in [-0.05, 0) is 17.9 Å². The van der Waals surface area contributed by atoms with Gasteiger partial charge < -0.3 is 15.2 Å². The molecule has 2 aromatic rings. The van der Waals surface area contributed by atoms with Crippen LogP contribution >= 0.6 is 0 Å². The Labute approximate surface area is 108 Å². The Bertz CT molecular complexity index is 612. The van der Waals surface area contributed by atoms with Gasteiger partial charge in [-0.2, -0.15) is 4.68 Å². The molecule has 0 fully saturated rings. The number of hydrogen-bond donors (Lipinski definition) is 1. The third kappa shape index (κ3) is 2.76. The molecule has 1 aromatic heterocycles. The third-order valence-electron chi connectivity index (χ3n) is 2.77. The van der Waals surface area contributed by atoms with Gasteiger partial charge in [-0.25, -0.2) is 4.39 Å². The van der Waals surface area contributed by atoms with Crippen LogP contribution in [0.15, 0.2) is 30.3 Å². The number of benzene rings is 1. The van der Waals surface area contributed by atoms with Gasteiger partial charge in [0.1, 0.15) is 11.9 Å². The fourth-order valence-corrected chi connectivity index (χ4v) is 1.77. The minimum atomic E-state index is -1.11. The molecule has 1 aromatic carbocycles. The Morgan fingerprint density at radius 2 is 2.21 bits per heavy atom. The Morgan fingerprint density at radius 3 is 2.79 bits per heavy atom. The molecule has 19 heavy (non-hydrogen) atoms. The molecule has 0 aliphatic heterocycles. The van der Waals surface area contributed by atoms with Gasteiger partial charge in [0, 0.05) is 5.56 Å². The molecule has 0 bridgehead atoms. The van der Waals surface area contributed by atoms with Crippen LogP contribution in [0.1, 0.15) is 17.4 Å². The van der Waals surface area contributed by atoms with Crippen LogP contribution in [0, 0.1) is 22.9 Å². The number of halogens is 1. The zero-order valence-corrected chi connectivity index (χ0v) is 10.2. The highest BCUT2D eigenvalue weighted by Gasteiger charge is 2.20. The summed E-state index contributed by atoms with van der Waals surface area (Å²) in [6, 6.07) is 7.15. The van der Waals surface area contributed by atoms with Crippen molar-refractivity contribution in [3.05, 3.63) is 57.5 Å². The molecule has 7 heteroatoms. The van der Waals surface area contributed by atoms with Gasteiger partial charge >= 0.3 is 5.82 Å². The number of hydrogen-bond acceptors (Lipinski definition) is 4. The molecule has 0 saturated heterocycles. The van der Waals surface area contributed by atoms with E-state index < -0.39 is 16.8 Å². The predicted molar refractivity (Wildman–Crippen MR) is 65.0 cm³/mol. The quantitative estimate of drug-likeness (QED) is 0.677. The van der Waals surface area contributed by atoms with Crippen molar-refractivity contribution in [2.24, 2.45) is 0 Å². The predicted octanol–water partition coefficient (Wildman–Crippen LogP) is 1.97. The summed E-state index contributed by atoms with van der Waals surface area (Å²) in [6.45, 7) is 1.59. The Hall–Kier alpha value is -2.28. The summed E-state index contributed by atoms with van der Waals surface area (Å²) >= 11 is 0. The van der Waals surface area contributed by atoms with Crippen LogP contribution in [0.25, 0.3) is 0 Å². The number of rotatable bonds is 4. The topological polar surface area (TPSA) is 81.2 Å². The van der Waals surface area contributed by atoms with E-state index in [2.05, 4.69) is 5.10 Å². The van der Waals surface area contributed by atoms with Gasteiger partial charge in [-0.15, -0.1) is 0 Å². The fourth-order valence-electron chi connectivity index (χ4n) is 1.77. The number of aryl methyl sites for hydroxylation is 1. The Kier molecular flexibility index (Phi) is 3.57. The maximum absolute atomic E-state index is 13.5. The zero-order valence-electron chi connectivity index (χ0n) is 10.2. The van der Waals surface area contributed by atoms with E-state index in [1.807, 2.05) is 0 Å². The highest BCUT2D eigenvalue weighted by molar-refractivity contribution is 5.22. The molecule has 0 aliphatic carbocycles. The van der Waals surface area contributed by atoms with Crippen LogP contribution in [-0.2, 0) is 6.54 Å². The van der Waals surface area contributed by atoms with Crippen LogP contribution in [0.3, 0.4) is 0 Å². The smallest absolute Gasteiger partial charge is 0.386 e. The summed E-state index contributed by atoms with van der Waals surface area (Å²) in [5.41, 5.74) is 0.669. The molecule has 2 rings (SSSR count). The monoisotopic (exact) mass is 265 g/mol. The van der Waals surface area contributed by atoms with E-state index >= 15 is 0 Å². The van der Waals surface area contributed by atoms with Crippen molar-refractivity contribution in [3.63, 3.8) is 0 Å². The first-order chi connectivity index (χ1) is 8.99. The van der Waals surface area contributed by atoms with Crippen molar-refractivity contribution in [1.29, 1.82) is 0 Å². The van der Waals surface area contributed by atoms with E-state index in [4.69, 9.17) is 0 Å². The maximum Gasteiger partial charge on any atom is 0.390 e. The Balaban J connectivity index is 2.22. The van der Waals surface area contributed by atoms with E-state index in [1.165, 1.54) is 28.9 Å². The van der Waals surface area contributed by atoms with Gasteiger partial charge in [0.05, 0.1) is 23.4 Å². The number of nitrogens with zero attached hydrogens (tertiary/aromatic N) is 3. The second kappa shape index (κ2) is 5.15. The summed E-state index contributed by atoms with van der Waals surface area (Å²) in [5, 5.41) is 24.3. The minimum absolute atomic E-state index is 0.0411. The van der Waals surface area contributed by atoms with E-state index in [0.29, 0.717) is 5.69 Å². The molecule has 100 valence electrons. The normalized spacial score (nSPS) is 12.4. The van der Waals surface area contributed by atoms with Gasteiger partial charge in [0.15, 0.2) is 0 Å². The highest BCUT2D eigenvalue weighted by Crippen LogP contribution is 2.20. The summed E-state index contributed by atoms with van der Waals surface area (Å²) in [6.07, 6.45) is -1.11. The van der Waals surface area contributed by atoms with Gasteiger partial charge in [-0.3, -0.25) is 0 Å². The van der Waals surface area contributed by atoms with Crippen molar-refractivity contribution in [1.82, 2.24) is 9.78 Å². The first-order valence-corrected chi connectivity index (χ1v) is 5.60. The molecular weight excluding hydrogens is 253 g/mol. The molecular formula is C12H12FN3O3. The maximum atomic E-state index is 13.5. The van der Waals surface area contributed by atoms with Crippen LogP contribution in [0.5, 0.6) is 0 Å². The first kappa shape index (κ1) is 13.2. The molecule has 0 spiro atoms. The number of aliphatic hydroxyl groups is 1. The van der Waals surface area contributed by atoms with Crippen molar-refractivity contribution in [3.8, 4) is 0 Å². The molecule has 0 saturated carbocycles. The molecule has 1 N–H and O–H groups in total. The van der Waals surface area contributed by atoms with E-state index in [1.54, 1.807) is 13.0 Å². The molecule has 0 aliphatic rings. The van der Waals surface area contributed by atoms with Crippen LogP contribution in [0.2, 0.25) is 0 Å². The third-order valence-corrected chi connectivity index (χ3v) is 2.77. The largest absolute Gasteiger partial charge is 0.390 e. The van der Waals surface area contributed by atoms with Crippen molar-refractivity contribution >= 4 is 5.82 Å². The van der Waals surface area contributed by atoms with Crippen LogP contribution < -0.4 is 0 Å². The van der Waals surface area contributed by atoms with Gasteiger partial charge in [0.25, 0.3) is 0 Å². The number of nitro groups is 1. The second-order valence-electron chi connectivity index (χ2n) is 4.12. The minimum Gasteiger partial charge on any atom is -0.386 e. The number of aromatic nitrogens is 2. The first-order valence-electron chi connectivity index (χ1n) is 5.60. The second-order valence-corrected chi connectivity index (χ2v) is 4.12. The molecule has 1 atom stereocenters. The lowest BCUT2D eigenvalue weighted by molar-refractivity contribution is -0.389. The average Bonchev–Trinajstić information content (AvgIpc) is 2.71. The van der Waals surface area contributed by atoms with Crippen molar-refractivity contribution in [2.75, 3.05) is 0 Å². The molecule has 1 heterocycles. The average molecular weight is 265 g/mol. The zero-order chi connectivity index (χ0) is 14.0. The standard InChI is InChI=1S/C12H12FN3O3/c1-8-6-12(16(18)19)14-15(8)7-11(17)9-4-2-3-5-10(9)13/h2-6,11,17H,7H2,1H3/t11-/m1/s1. The number of aliphatic hydroxyl groups excluding tert-OH is 1. The van der Waals surface area contributed by atoms with Crippen LogP contribution in [-0.4, -0.2) is 19.8 Å². The molecule has 0 amide bonds.